The molecule has 0 unspecified atom stereocenters. The summed E-state index contributed by atoms with van der Waals surface area (Å²) in [6, 6.07) is 14.5. The average Bonchev–Trinajstić information content (AvgIpc) is 3.33. The molecule has 0 radical (unpaired) electrons. The zero-order chi connectivity index (χ0) is 23.1. The molecule has 2 aromatic heterocycles. The van der Waals surface area contributed by atoms with Crippen LogP contribution in [-0.2, 0) is 17.8 Å². The number of anilines is 1. The fraction of sp³-hybridized carbons (Fsp3) is 0.308. The number of hydrogen-bond acceptors (Lipinski definition) is 6. The highest BCUT2D eigenvalue weighted by atomic mass is 19.1. The SMILES string of the molecule is O=C([C@H]1CCCN(c2ncnc3onc(-c4ccc(F)cc4)c23)C1)N1CCc2ccccc2C1. The van der Waals surface area contributed by atoms with Gasteiger partial charge in [0.05, 0.1) is 5.92 Å². The Bertz CT molecular complexity index is 1350. The molecule has 2 aromatic carbocycles. The van der Waals surface area contributed by atoms with Crippen molar-refractivity contribution < 1.29 is 13.7 Å². The molecular formula is C26H24FN5O2. The van der Waals surface area contributed by atoms with Gasteiger partial charge in [-0.15, -0.1) is 0 Å². The number of amides is 1. The van der Waals surface area contributed by atoms with E-state index in [1.54, 1.807) is 12.1 Å². The van der Waals surface area contributed by atoms with Gasteiger partial charge in [-0.3, -0.25) is 4.79 Å². The van der Waals surface area contributed by atoms with Crippen LogP contribution in [0.5, 0.6) is 0 Å². The van der Waals surface area contributed by atoms with Crippen LogP contribution in [0.15, 0.2) is 59.4 Å². The van der Waals surface area contributed by atoms with E-state index < -0.39 is 0 Å². The fourth-order valence-electron chi connectivity index (χ4n) is 5.13. The Hall–Kier alpha value is -3.81. The van der Waals surface area contributed by atoms with Gasteiger partial charge in [-0.1, -0.05) is 29.4 Å². The zero-order valence-corrected chi connectivity index (χ0v) is 18.7. The molecule has 8 heteroatoms. The molecule has 1 atom stereocenters. The lowest BCUT2D eigenvalue weighted by molar-refractivity contribution is -0.136. The van der Waals surface area contributed by atoms with Crippen LogP contribution in [0.1, 0.15) is 24.0 Å². The molecule has 6 rings (SSSR count). The van der Waals surface area contributed by atoms with Crippen molar-refractivity contribution in [1.82, 2.24) is 20.0 Å². The molecule has 0 spiro atoms. The highest BCUT2D eigenvalue weighted by Crippen LogP contribution is 2.35. The molecule has 0 aliphatic carbocycles. The predicted octanol–water partition coefficient (Wildman–Crippen LogP) is 4.23. The van der Waals surface area contributed by atoms with Crippen LogP contribution in [0, 0.1) is 11.7 Å². The summed E-state index contributed by atoms with van der Waals surface area (Å²) in [7, 11) is 0. The molecule has 0 N–H and O–H groups in total. The molecule has 2 aliphatic rings. The Kier molecular flexibility index (Phi) is 5.20. The molecule has 1 fully saturated rings. The van der Waals surface area contributed by atoms with E-state index in [9.17, 15) is 9.18 Å². The van der Waals surface area contributed by atoms with Crippen molar-refractivity contribution in [2.75, 3.05) is 24.5 Å². The third kappa shape index (κ3) is 3.69. The van der Waals surface area contributed by atoms with Crippen LogP contribution in [0.2, 0.25) is 0 Å². The molecule has 1 saturated heterocycles. The molecule has 34 heavy (non-hydrogen) atoms. The van der Waals surface area contributed by atoms with Gasteiger partial charge in [0.1, 0.15) is 29.0 Å². The quantitative estimate of drug-likeness (QED) is 0.459. The number of nitrogens with zero attached hydrogens (tertiary/aromatic N) is 5. The largest absolute Gasteiger partial charge is 0.355 e. The lowest BCUT2D eigenvalue weighted by Gasteiger charge is -2.37. The fourth-order valence-corrected chi connectivity index (χ4v) is 5.13. The molecule has 2 aliphatic heterocycles. The number of halogens is 1. The molecule has 1 amide bonds. The van der Waals surface area contributed by atoms with E-state index >= 15 is 0 Å². The highest BCUT2D eigenvalue weighted by Gasteiger charge is 2.33. The molecular weight excluding hydrogens is 433 g/mol. The van der Waals surface area contributed by atoms with Crippen LogP contribution < -0.4 is 4.90 Å². The van der Waals surface area contributed by atoms with Gasteiger partial charge < -0.3 is 14.3 Å². The van der Waals surface area contributed by atoms with Gasteiger partial charge in [-0.05, 0) is 54.7 Å². The first kappa shape index (κ1) is 20.8. The topological polar surface area (TPSA) is 75.4 Å². The minimum Gasteiger partial charge on any atom is -0.355 e. The van der Waals surface area contributed by atoms with E-state index in [0.717, 1.165) is 37.9 Å². The third-order valence-corrected chi connectivity index (χ3v) is 6.88. The maximum Gasteiger partial charge on any atom is 0.263 e. The number of rotatable bonds is 3. The zero-order valence-electron chi connectivity index (χ0n) is 18.7. The standard InChI is InChI=1S/C26H24FN5O2/c27-21-9-7-18(8-10-21)23-22-24(28-16-29-25(22)34-30-23)31-12-3-6-20(15-31)26(33)32-13-11-17-4-1-2-5-19(17)14-32/h1-2,4-5,7-10,16,20H,3,6,11-15H2/t20-/m0/s1. The maximum absolute atomic E-state index is 13.5. The van der Waals surface area contributed by atoms with Crippen molar-refractivity contribution in [2.45, 2.75) is 25.8 Å². The van der Waals surface area contributed by atoms with E-state index in [1.165, 1.54) is 29.6 Å². The van der Waals surface area contributed by atoms with Gasteiger partial charge in [0, 0.05) is 31.7 Å². The summed E-state index contributed by atoms with van der Waals surface area (Å²) in [6.07, 6.45) is 4.11. The molecule has 172 valence electrons. The Balaban J connectivity index is 1.27. The Morgan fingerprint density at radius 1 is 1.03 bits per heavy atom. The number of fused-ring (bicyclic) bond motifs is 2. The second-order valence-electron chi connectivity index (χ2n) is 8.98. The first-order valence-electron chi connectivity index (χ1n) is 11.6. The van der Waals surface area contributed by atoms with Gasteiger partial charge in [0.15, 0.2) is 0 Å². The highest BCUT2D eigenvalue weighted by molar-refractivity contribution is 5.98. The van der Waals surface area contributed by atoms with Gasteiger partial charge in [0.2, 0.25) is 5.91 Å². The van der Waals surface area contributed by atoms with Crippen LogP contribution in [0.3, 0.4) is 0 Å². The van der Waals surface area contributed by atoms with Gasteiger partial charge in [0.25, 0.3) is 5.71 Å². The third-order valence-electron chi connectivity index (χ3n) is 6.88. The van der Waals surface area contributed by atoms with Crippen LogP contribution in [0.4, 0.5) is 10.2 Å². The summed E-state index contributed by atoms with van der Waals surface area (Å²) >= 11 is 0. The van der Waals surface area contributed by atoms with Gasteiger partial charge in [-0.25, -0.2) is 9.37 Å². The summed E-state index contributed by atoms with van der Waals surface area (Å²) in [6.45, 7) is 2.79. The van der Waals surface area contributed by atoms with E-state index in [1.807, 2.05) is 11.0 Å². The first-order valence-corrected chi connectivity index (χ1v) is 11.6. The molecule has 4 aromatic rings. The number of piperidine rings is 1. The number of aromatic nitrogens is 3. The monoisotopic (exact) mass is 457 g/mol. The van der Waals surface area contributed by atoms with E-state index in [-0.39, 0.29) is 17.6 Å². The second-order valence-corrected chi connectivity index (χ2v) is 8.98. The van der Waals surface area contributed by atoms with E-state index in [4.69, 9.17) is 4.52 Å². The van der Waals surface area contributed by atoms with Crippen molar-refractivity contribution >= 4 is 22.8 Å². The lowest BCUT2D eigenvalue weighted by Crippen LogP contribution is -2.46. The maximum atomic E-state index is 13.5. The van der Waals surface area contributed by atoms with Gasteiger partial charge >= 0.3 is 0 Å². The Morgan fingerprint density at radius 3 is 2.71 bits per heavy atom. The predicted molar refractivity (Wildman–Crippen MR) is 125 cm³/mol. The van der Waals surface area contributed by atoms with Crippen molar-refractivity contribution in [3.8, 4) is 11.3 Å². The van der Waals surface area contributed by atoms with Crippen LogP contribution >= 0.6 is 0 Å². The number of benzene rings is 2. The normalized spacial score (nSPS) is 18.2. The summed E-state index contributed by atoms with van der Waals surface area (Å²) in [5.74, 6) is 0.490. The smallest absolute Gasteiger partial charge is 0.263 e. The number of carbonyl (C=O) groups excluding carboxylic acids is 1. The van der Waals surface area contributed by atoms with E-state index in [0.29, 0.717) is 35.7 Å². The summed E-state index contributed by atoms with van der Waals surface area (Å²) in [5, 5.41) is 4.89. The van der Waals surface area contributed by atoms with Crippen LogP contribution in [0.25, 0.3) is 22.4 Å². The second kappa shape index (κ2) is 8.52. The van der Waals surface area contributed by atoms with Crippen LogP contribution in [-0.4, -0.2) is 45.6 Å². The summed E-state index contributed by atoms with van der Waals surface area (Å²) in [4.78, 5) is 26.4. The van der Waals surface area contributed by atoms with Crippen molar-refractivity contribution in [3.05, 3.63) is 71.8 Å². The van der Waals surface area contributed by atoms with E-state index in [2.05, 4.69) is 38.2 Å². The minimum atomic E-state index is -0.314. The first-order chi connectivity index (χ1) is 16.7. The molecule has 4 heterocycles. The molecule has 0 saturated carbocycles. The lowest BCUT2D eigenvalue weighted by atomic mass is 9.93. The average molecular weight is 458 g/mol. The van der Waals surface area contributed by atoms with Crippen molar-refractivity contribution in [1.29, 1.82) is 0 Å². The van der Waals surface area contributed by atoms with Crippen molar-refractivity contribution in [3.63, 3.8) is 0 Å². The molecule has 0 bridgehead atoms. The summed E-state index contributed by atoms with van der Waals surface area (Å²) < 4.78 is 18.9. The Morgan fingerprint density at radius 2 is 1.85 bits per heavy atom. The van der Waals surface area contributed by atoms with Crippen molar-refractivity contribution in [2.24, 2.45) is 5.92 Å². The molecule has 7 nitrogen and oxygen atoms in total. The number of carbonyl (C=O) groups is 1. The van der Waals surface area contributed by atoms with Gasteiger partial charge in [-0.2, -0.15) is 4.98 Å². The number of hydrogen-bond donors (Lipinski definition) is 0. The summed E-state index contributed by atoms with van der Waals surface area (Å²) in [5.41, 5.74) is 4.26. The Labute approximate surface area is 196 Å². The minimum absolute atomic E-state index is 0.0989.